The van der Waals surface area contributed by atoms with Crippen LogP contribution in [0, 0.1) is 12.3 Å². The first-order valence-electron chi connectivity index (χ1n) is 6.38. The van der Waals surface area contributed by atoms with Crippen LogP contribution in [0.4, 0.5) is 4.79 Å². The summed E-state index contributed by atoms with van der Waals surface area (Å²) in [5.41, 5.74) is 7.76. The number of nitrogens with two attached hydrogens (primary N) is 1. The van der Waals surface area contributed by atoms with Crippen LogP contribution in [0.5, 0.6) is 0 Å². The van der Waals surface area contributed by atoms with E-state index in [9.17, 15) is 4.79 Å². The molecule has 2 N–H and O–H groups in total. The molecule has 2 aliphatic rings. The summed E-state index contributed by atoms with van der Waals surface area (Å²) in [6.45, 7) is 0.233. The van der Waals surface area contributed by atoms with Crippen molar-refractivity contribution >= 4 is 11.9 Å². The topological polar surface area (TPSA) is 58.7 Å². The molecule has 0 aromatic heterocycles. The summed E-state index contributed by atoms with van der Waals surface area (Å²) in [6.07, 6.45) is 8.15. The van der Waals surface area contributed by atoms with E-state index in [4.69, 9.17) is 12.2 Å². The molecule has 4 nitrogen and oxygen atoms in total. The van der Waals surface area contributed by atoms with Gasteiger partial charge in [0.2, 0.25) is 0 Å². The van der Waals surface area contributed by atoms with Crippen molar-refractivity contribution in [1.82, 2.24) is 4.90 Å². The van der Waals surface area contributed by atoms with Crippen LogP contribution >= 0.6 is 0 Å². The van der Waals surface area contributed by atoms with Crippen LogP contribution in [-0.4, -0.2) is 23.3 Å². The van der Waals surface area contributed by atoms with E-state index >= 15 is 0 Å². The average Bonchev–Trinajstić information content (AvgIpc) is 2.65. The molecule has 1 aromatic carbocycles. The number of carbonyl (C=O) groups is 1. The maximum absolute atomic E-state index is 12.0. The number of urea groups is 1. The number of amides is 2. The fourth-order valence-corrected chi connectivity index (χ4v) is 3.21. The van der Waals surface area contributed by atoms with Gasteiger partial charge in [-0.15, -0.1) is 6.42 Å². The zero-order valence-corrected chi connectivity index (χ0v) is 10.6. The lowest BCUT2D eigenvalue weighted by atomic mass is 9.75. The first kappa shape index (κ1) is 11.8. The minimum absolute atomic E-state index is 0.233. The van der Waals surface area contributed by atoms with Gasteiger partial charge in [-0.3, -0.25) is 4.90 Å². The third-order valence-corrected chi connectivity index (χ3v) is 4.03. The number of carbonyl (C=O) groups excluding carboxylic acids is 1. The predicted octanol–water partition coefficient (Wildman–Crippen LogP) is 1.64. The summed E-state index contributed by atoms with van der Waals surface area (Å²) < 4.78 is 0. The van der Waals surface area contributed by atoms with Crippen molar-refractivity contribution in [2.45, 2.75) is 24.8 Å². The summed E-state index contributed by atoms with van der Waals surface area (Å²) >= 11 is 0. The van der Waals surface area contributed by atoms with Gasteiger partial charge in [-0.05, 0) is 30.4 Å². The van der Waals surface area contributed by atoms with E-state index in [1.807, 2.05) is 18.2 Å². The molecule has 19 heavy (non-hydrogen) atoms. The summed E-state index contributed by atoms with van der Waals surface area (Å²) in [5, 5.41) is 0. The molecule has 1 unspecified atom stereocenters. The number of rotatable bonds is 1. The Labute approximate surface area is 112 Å². The summed E-state index contributed by atoms with van der Waals surface area (Å²) in [6, 6.07) is 7.76. The lowest BCUT2D eigenvalue weighted by Gasteiger charge is -2.41. The number of nitrogens with zero attached hydrogens (tertiary/aromatic N) is 2. The van der Waals surface area contributed by atoms with E-state index in [1.54, 1.807) is 4.90 Å². The molecular weight excluding hydrogens is 238 g/mol. The molecule has 0 bridgehead atoms. The maximum Gasteiger partial charge on any atom is 0.347 e. The molecule has 1 atom stereocenters. The Morgan fingerprint density at radius 3 is 3.05 bits per heavy atom. The number of aryl methyl sites for hydroxylation is 1. The third-order valence-electron chi connectivity index (χ3n) is 4.03. The molecule has 4 heteroatoms. The summed E-state index contributed by atoms with van der Waals surface area (Å²) in [7, 11) is 0. The van der Waals surface area contributed by atoms with E-state index in [0.29, 0.717) is 5.84 Å². The lowest BCUT2D eigenvalue weighted by molar-refractivity contribution is 0.170. The Hall–Kier alpha value is -2.28. The van der Waals surface area contributed by atoms with Crippen molar-refractivity contribution in [3.05, 3.63) is 35.4 Å². The molecule has 1 heterocycles. The van der Waals surface area contributed by atoms with Gasteiger partial charge in [-0.2, -0.15) is 4.99 Å². The molecule has 1 aliphatic carbocycles. The quantitative estimate of drug-likeness (QED) is 0.773. The molecule has 1 aliphatic heterocycles. The minimum Gasteiger partial charge on any atom is -0.385 e. The van der Waals surface area contributed by atoms with Crippen LogP contribution in [0.3, 0.4) is 0 Å². The van der Waals surface area contributed by atoms with Crippen LogP contribution in [0.15, 0.2) is 29.3 Å². The number of fused-ring (bicyclic) bond motifs is 2. The van der Waals surface area contributed by atoms with Crippen LogP contribution in [0.25, 0.3) is 0 Å². The standard InChI is InChI=1S/C15H15N3O/c1-2-10-18-14(19)17-13(16)15(18)9-5-7-11-6-3-4-8-12(11)15/h1,3-4,6,8H,5,7,9-10H2,(H2,16,17,19). The van der Waals surface area contributed by atoms with Crippen molar-refractivity contribution in [3.63, 3.8) is 0 Å². The second-order valence-electron chi connectivity index (χ2n) is 4.94. The van der Waals surface area contributed by atoms with Crippen LogP contribution in [0.1, 0.15) is 24.0 Å². The lowest BCUT2D eigenvalue weighted by Crippen LogP contribution is -2.53. The van der Waals surface area contributed by atoms with Crippen LogP contribution in [-0.2, 0) is 12.0 Å². The largest absolute Gasteiger partial charge is 0.385 e. The molecule has 0 saturated heterocycles. The minimum atomic E-state index is -0.627. The van der Waals surface area contributed by atoms with E-state index < -0.39 is 5.54 Å². The van der Waals surface area contributed by atoms with Crippen molar-refractivity contribution in [1.29, 1.82) is 0 Å². The molecule has 1 aromatic rings. The second-order valence-corrected chi connectivity index (χ2v) is 4.94. The van der Waals surface area contributed by atoms with Gasteiger partial charge >= 0.3 is 6.03 Å². The summed E-state index contributed by atoms with van der Waals surface area (Å²) in [4.78, 5) is 17.6. The smallest absolute Gasteiger partial charge is 0.347 e. The van der Waals surface area contributed by atoms with Gasteiger partial charge in [0.25, 0.3) is 0 Å². The third kappa shape index (κ3) is 1.48. The first-order chi connectivity index (χ1) is 9.20. The Morgan fingerprint density at radius 1 is 1.47 bits per heavy atom. The molecule has 0 saturated carbocycles. The van der Waals surface area contributed by atoms with Crippen LogP contribution in [0.2, 0.25) is 0 Å². The van der Waals surface area contributed by atoms with Gasteiger partial charge in [0, 0.05) is 0 Å². The highest BCUT2D eigenvalue weighted by molar-refractivity contribution is 6.06. The van der Waals surface area contributed by atoms with Gasteiger partial charge < -0.3 is 5.73 Å². The first-order valence-corrected chi connectivity index (χ1v) is 6.38. The van der Waals surface area contributed by atoms with Crippen molar-refractivity contribution < 1.29 is 4.79 Å². The summed E-state index contributed by atoms with van der Waals surface area (Å²) in [5.74, 6) is 2.91. The van der Waals surface area contributed by atoms with Gasteiger partial charge in [0.1, 0.15) is 11.4 Å². The predicted molar refractivity (Wildman–Crippen MR) is 73.6 cm³/mol. The number of terminal acetylenes is 1. The number of hydrogen-bond acceptors (Lipinski definition) is 2. The van der Waals surface area contributed by atoms with E-state index in [-0.39, 0.29) is 12.6 Å². The number of aliphatic imine (C=N–C) groups is 1. The van der Waals surface area contributed by atoms with Gasteiger partial charge in [-0.1, -0.05) is 30.2 Å². The Balaban J connectivity index is 2.20. The molecule has 96 valence electrons. The molecule has 3 rings (SSSR count). The Kier molecular flexibility index (Phi) is 2.56. The number of amidine groups is 1. The Morgan fingerprint density at radius 2 is 2.26 bits per heavy atom. The monoisotopic (exact) mass is 253 g/mol. The molecule has 2 amide bonds. The normalized spacial score (nSPS) is 25.1. The number of benzene rings is 1. The van der Waals surface area contributed by atoms with Crippen molar-refractivity contribution in [2.75, 3.05) is 6.54 Å². The zero-order chi connectivity index (χ0) is 13.5. The van der Waals surface area contributed by atoms with E-state index in [0.717, 1.165) is 24.8 Å². The fraction of sp³-hybridized carbons (Fsp3) is 0.333. The fourth-order valence-electron chi connectivity index (χ4n) is 3.21. The van der Waals surface area contributed by atoms with Gasteiger partial charge in [0.05, 0.1) is 6.54 Å². The van der Waals surface area contributed by atoms with Gasteiger partial charge in [0.15, 0.2) is 0 Å². The molecule has 1 spiro atoms. The van der Waals surface area contributed by atoms with Gasteiger partial charge in [-0.25, -0.2) is 4.79 Å². The maximum atomic E-state index is 12.0. The number of hydrogen-bond donors (Lipinski definition) is 1. The molecule has 0 radical (unpaired) electrons. The van der Waals surface area contributed by atoms with E-state index in [2.05, 4.69) is 17.0 Å². The molecular formula is C15H15N3O. The Bertz CT molecular complexity index is 614. The highest BCUT2D eigenvalue weighted by Gasteiger charge is 2.51. The van der Waals surface area contributed by atoms with Crippen molar-refractivity contribution in [3.8, 4) is 12.3 Å². The highest BCUT2D eigenvalue weighted by Crippen LogP contribution is 2.43. The van der Waals surface area contributed by atoms with Crippen LogP contribution < -0.4 is 5.73 Å². The second kappa shape index (κ2) is 4.13. The van der Waals surface area contributed by atoms with E-state index in [1.165, 1.54) is 5.56 Å². The highest BCUT2D eigenvalue weighted by atomic mass is 16.2. The average molecular weight is 253 g/mol. The zero-order valence-electron chi connectivity index (χ0n) is 10.6. The molecule has 0 fully saturated rings. The van der Waals surface area contributed by atoms with Crippen molar-refractivity contribution in [2.24, 2.45) is 10.7 Å². The SMILES string of the molecule is C#CCN1C(=O)N=C(N)C12CCCc1ccccc12.